The van der Waals surface area contributed by atoms with E-state index in [1.807, 2.05) is 20.8 Å². The molecule has 0 aliphatic carbocycles. The first kappa shape index (κ1) is 11.1. The van der Waals surface area contributed by atoms with E-state index < -0.39 is 5.92 Å². The van der Waals surface area contributed by atoms with Crippen molar-refractivity contribution in [2.45, 2.75) is 45.5 Å². The summed E-state index contributed by atoms with van der Waals surface area (Å²) in [5.74, 6) is -2.09. The molecule has 80 valence electrons. The summed E-state index contributed by atoms with van der Waals surface area (Å²) in [6.07, 6.45) is -0.368. The summed E-state index contributed by atoms with van der Waals surface area (Å²) in [5, 5.41) is 3.61. The third-order valence-corrected chi connectivity index (χ3v) is 1.79. The Bertz CT molecular complexity index is 307. The monoisotopic (exact) mass is 203 g/mol. The zero-order valence-corrected chi connectivity index (χ0v) is 8.90. The van der Waals surface area contributed by atoms with Gasteiger partial charge in [0, 0.05) is 11.5 Å². The van der Waals surface area contributed by atoms with E-state index in [2.05, 4.69) is 5.16 Å². The number of alkyl halides is 2. The minimum absolute atomic E-state index is 0.186. The molecule has 1 aromatic heterocycles. The van der Waals surface area contributed by atoms with Gasteiger partial charge < -0.3 is 4.52 Å². The summed E-state index contributed by atoms with van der Waals surface area (Å²) in [7, 11) is 0. The second kappa shape index (κ2) is 3.33. The number of rotatable bonds is 2. The maximum Gasteiger partial charge on any atom is 0.251 e. The van der Waals surface area contributed by atoms with Gasteiger partial charge in [-0.25, -0.2) is 8.78 Å². The first-order valence-corrected chi connectivity index (χ1v) is 4.52. The van der Waals surface area contributed by atoms with Crippen LogP contribution in [0.25, 0.3) is 0 Å². The van der Waals surface area contributed by atoms with Gasteiger partial charge in [-0.05, 0) is 6.92 Å². The first-order valence-electron chi connectivity index (χ1n) is 4.52. The predicted molar refractivity (Wildman–Crippen MR) is 49.5 cm³/mol. The lowest BCUT2D eigenvalue weighted by molar-refractivity contribution is 0.0209. The van der Waals surface area contributed by atoms with Gasteiger partial charge in [0.25, 0.3) is 5.92 Å². The lowest BCUT2D eigenvalue weighted by atomic mass is 9.93. The zero-order valence-electron chi connectivity index (χ0n) is 8.90. The Morgan fingerprint density at radius 3 is 2.21 bits per heavy atom. The first-order chi connectivity index (χ1) is 6.18. The van der Waals surface area contributed by atoms with Crippen LogP contribution in [0.1, 0.15) is 39.1 Å². The molecular weight excluding hydrogens is 188 g/mol. The molecule has 0 atom stereocenters. The van der Waals surface area contributed by atoms with E-state index in [0.717, 1.165) is 6.92 Å². The van der Waals surface area contributed by atoms with Crippen LogP contribution in [-0.2, 0) is 11.8 Å². The van der Waals surface area contributed by atoms with E-state index >= 15 is 0 Å². The van der Waals surface area contributed by atoms with Crippen molar-refractivity contribution in [1.29, 1.82) is 0 Å². The normalized spacial score (nSPS) is 13.3. The van der Waals surface area contributed by atoms with Crippen LogP contribution in [0.15, 0.2) is 10.6 Å². The summed E-state index contributed by atoms with van der Waals surface area (Å²) < 4.78 is 30.3. The number of hydrogen-bond acceptors (Lipinski definition) is 2. The molecule has 0 bridgehead atoms. The van der Waals surface area contributed by atoms with Crippen molar-refractivity contribution in [3.8, 4) is 0 Å². The molecule has 0 aliphatic heterocycles. The lowest BCUT2D eigenvalue weighted by Crippen LogP contribution is -2.14. The Morgan fingerprint density at radius 1 is 1.29 bits per heavy atom. The fourth-order valence-electron chi connectivity index (χ4n) is 1.07. The van der Waals surface area contributed by atoms with Crippen LogP contribution in [0.3, 0.4) is 0 Å². The summed E-state index contributed by atoms with van der Waals surface area (Å²) in [6, 6.07) is 1.59. The second-order valence-corrected chi connectivity index (χ2v) is 4.68. The molecule has 0 unspecified atom stereocenters. The van der Waals surface area contributed by atoms with Crippen molar-refractivity contribution in [2.24, 2.45) is 0 Å². The molecule has 1 rings (SSSR count). The van der Waals surface area contributed by atoms with Crippen molar-refractivity contribution in [3.05, 3.63) is 17.5 Å². The fraction of sp³-hybridized carbons (Fsp3) is 0.700. The highest BCUT2D eigenvalue weighted by Crippen LogP contribution is 2.25. The molecule has 0 radical (unpaired) electrons. The highest BCUT2D eigenvalue weighted by Gasteiger charge is 2.26. The molecule has 0 aromatic carbocycles. The number of aromatic nitrogens is 1. The summed E-state index contributed by atoms with van der Waals surface area (Å²) >= 11 is 0. The predicted octanol–water partition coefficient (Wildman–Crippen LogP) is 3.17. The van der Waals surface area contributed by atoms with Crippen LogP contribution in [0.4, 0.5) is 8.78 Å². The van der Waals surface area contributed by atoms with E-state index in [0.29, 0.717) is 11.5 Å². The highest BCUT2D eigenvalue weighted by molar-refractivity contribution is 5.13. The van der Waals surface area contributed by atoms with E-state index in [9.17, 15) is 8.78 Å². The third-order valence-electron chi connectivity index (χ3n) is 1.79. The van der Waals surface area contributed by atoms with Gasteiger partial charge in [-0.15, -0.1) is 0 Å². The zero-order chi connectivity index (χ0) is 11.0. The van der Waals surface area contributed by atoms with Crippen molar-refractivity contribution in [3.63, 3.8) is 0 Å². The minimum Gasteiger partial charge on any atom is -0.361 e. The van der Waals surface area contributed by atoms with Crippen LogP contribution < -0.4 is 0 Å². The van der Waals surface area contributed by atoms with Crippen molar-refractivity contribution >= 4 is 0 Å². The number of halogens is 2. The van der Waals surface area contributed by atoms with Gasteiger partial charge in [0.05, 0.1) is 12.1 Å². The van der Waals surface area contributed by atoms with E-state index in [1.165, 1.54) is 0 Å². The molecule has 0 fully saturated rings. The number of hydrogen-bond donors (Lipinski definition) is 0. The quantitative estimate of drug-likeness (QED) is 0.737. The second-order valence-electron chi connectivity index (χ2n) is 4.68. The maximum atomic E-state index is 12.6. The minimum atomic E-state index is -2.73. The van der Waals surface area contributed by atoms with E-state index in [-0.39, 0.29) is 11.8 Å². The van der Waals surface area contributed by atoms with Crippen LogP contribution in [-0.4, -0.2) is 11.1 Å². The van der Waals surface area contributed by atoms with E-state index in [4.69, 9.17) is 4.52 Å². The Labute approximate surface area is 82.3 Å². The largest absolute Gasteiger partial charge is 0.361 e. The lowest BCUT2D eigenvalue weighted by Gasteiger charge is -2.12. The number of nitrogens with zero attached hydrogens (tertiary/aromatic N) is 1. The summed E-state index contributed by atoms with van der Waals surface area (Å²) in [4.78, 5) is 0. The molecule has 14 heavy (non-hydrogen) atoms. The molecule has 0 aliphatic rings. The van der Waals surface area contributed by atoms with Crippen molar-refractivity contribution in [2.75, 3.05) is 0 Å². The average Bonchev–Trinajstić information content (AvgIpc) is 2.29. The topological polar surface area (TPSA) is 26.0 Å². The van der Waals surface area contributed by atoms with Gasteiger partial charge in [-0.2, -0.15) is 0 Å². The molecule has 2 nitrogen and oxygen atoms in total. The van der Waals surface area contributed by atoms with Crippen LogP contribution >= 0.6 is 0 Å². The van der Waals surface area contributed by atoms with Crippen molar-refractivity contribution in [1.82, 2.24) is 5.16 Å². The molecule has 0 saturated heterocycles. The van der Waals surface area contributed by atoms with Gasteiger partial charge in [0.15, 0.2) is 0 Å². The summed E-state index contributed by atoms with van der Waals surface area (Å²) in [6.45, 7) is 6.71. The van der Waals surface area contributed by atoms with Crippen LogP contribution in [0.2, 0.25) is 0 Å². The molecule has 4 heteroatoms. The summed E-state index contributed by atoms with van der Waals surface area (Å²) in [5.41, 5.74) is 0.122. The van der Waals surface area contributed by atoms with Crippen LogP contribution in [0, 0.1) is 0 Å². The SMILES string of the molecule is CC(F)(F)Cc1cc(C(C)(C)C)on1. The fourth-order valence-corrected chi connectivity index (χ4v) is 1.07. The van der Waals surface area contributed by atoms with E-state index in [1.54, 1.807) is 6.07 Å². The molecule has 1 aromatic rings. The maximum absolute atomic E-state index is 12.6. The van der Waals surface area contributed by atoms with Crippen LogP contribution in [0.5, 0.6) is 0 Å². The molecule has 0 amide bonds. The van der Waals surface area contributed by atoms with Crippen molar-refractivity contribution < 1.29 is 13.3 Å². The molecule has 0 saturated carbocycles. The molecule has 1 heterocycles. The Kier molecular flexibility index (Phi) is 2.65. The Balaban J connectivity index is 2.79. The standard InChI is InChI=1S/C10H15F2NO/c1-9(2,3)8-5-7(13-14-8)6-10(4,11)12/h5H,6H2,1-4H3. The third kappa shape index (κ3) is 3.09. The average molecular weight is 203 g/mol. The molecule has 0 spiro atoms. The molecule has 0 N–H and O–H groups in total. The smallest absolute Gasteiger partial charge is 0.251 e. The van der Waals surface area contributed by atoms with Gasteiger partial charge in [-0.3, -0.25) is 0 Å². The molecular formula is C10H15F2NO. The highest BCUT2D eigenvalue weighted by atomic mass is 19.3. The van der Waals surface area contributed by atoms with Gasteiger partial charge >= 0.3 is 0 Å². The Morgan fingerprint density at radius 2 is 1.86 bits per heavy atom. The Hall–Kier alpha value is -0.930. The van der Waals surface area contributed by atoms with Gasteiger partial charge in [0.1, 0.15) is 5.76 Å². The van der Waals surface area contributed by atoms with Gasteiger partial charge in [0.2, 0.25) is 0 Å². The van der Waals surface area contributed by atoms with Gasteiger partial charge in [-0.1, -0.05) is 25.9 Å².